The van der Waals surface area contributed by atoms with Crippen molar-refractivity contribution < 1.29 is 14.6 Å². The van der Waals surface area contributed by atoms with Gasteiger partial charge >= 0.3 is 5.97 Å². The predicted molar refractivity (Wildman–Crippen MR) is 63.3 cm³/mol. The van der Waals surface area contributed by atoms with Gasteiger partial charge in [0.25, 0.3) is 0 Å². The molecule has 1 aromatic carbocycles. The first-order chi connectivity index (χ1) is 8.21. The predicted octanol–water partition coefficient (Wildman–Crippen LogP) is 0.844. The summed E-state index contributed by atoms with van der Waals surface area (Å²) in [6, 6.07) is 9.46. The van der Waals surface area contributed by atoms with E-state index >= 15 is 0 Å². The molecule has 0 amide bonds. The zero-order valence-electron chi connectivity index (χ0n) is 9.69. The van der Waals surface area contributed by atoms with Crippen LogP contribution in [0.4, 0.5) is 0 Å². The first kappa shape index (κ1) is 12.1. The summed E-state index contributed by atoms with van der Waals surface area (Å²) in [5, 5.41) is 13.1. The molecular formula is C13H17NO3. The Balaban J connectivity index is 1.88. The third-order valence-corrected chi connectivity index (χ3v) is 2.95. The quantitative estimate of drug-likeness (QED) is 0.762. The van der Waals surface area contributed by atoms with E-state index in [2.05, 4.69) is 5.32 Å². The third kappa shape index (κ3) is 3.05. The lowest BCUT2D eigenvalue weighted by Gasteiger charge is -2.30. The van der Waals surface area contributed by atoms with Gasteiger partial charge in [-0.2, -0.15) is 0 Å². The van der Waals surface area contributed by atoms with Crippen molar-refractivity contribution in [3.63, 3.8) is 0 Å². The minimum atomic E-state index is -1.35. The molecule has 1 saturated heterocycles. The minimum Gasteiger partial charge on any atom is -0.459 e. The lowest BCUT2D eigenvalue weighted by atomic mass is 9.94. The van der Waals surface area contributed by atoms with E-state index in [-0.39, 0.29) is 13.2 Å². The number of carbonyl (C=O) groups excluding carboxylic acids is 1. The molecule has 17 heavy (non-hydrogen) atoms. The molecule has 1 aliphatic heterocycles. The molecule has 4 heteroatoms. The van der Waals surface area contributed by atoms with Crippen LogP contribution >= 0.6 is 0 Å². The maximum atomic E-state index is 11.8. The largest absolute Gasteiger partial charge is 0.459 e. The number of carbonyl (C=O) groups is 1. The summed E-state index contributed by atoms with van der Waals surface area (Å²) in [6.45, 7) is 1.33. The zero-order valence-corrected chi connectivity index (χ0v) is 9.69. The molecule has 1 aliphatic rings. The smallest absolute Gasteiger partial charge is 0.339 e. The van der Waals surface area contributed by atoms with E-state index < -0.39 is 11.6 Å². The zero-order chi connectivity index (χ0) is 12.1. The van der Waals surface area contributed by atoms with Crippen LogP contribution in [0.1, 0.15) is 18.4 Å². The molecule has 0 aromatic heterocycles. The number of hydrogen-bond acceptors (Lipinski definition) is 4. The number of aliphatic hydroxyl groups is 1. The summed E-state index contributed by atoms with van der Waals surface area (Å²) in [4.78, 5) is 11.8. The molecule has 0 saturated carbocycles. The second-order valence-electron chi connectivity index (χ2n) is 4.37. The third-order valence-electron chi connectivity index (χ3n) is 2.95. The molecule has 2 N–H and O–H groups in total. The average molecular weight is 235 g/mol. The van der Waals surface area contributed by atoms with Crippen LogP contribution in [-0.2, 0) is 16.1 Å². The summed E-state index contributed by atoms with van der Waals surface area (Å²) >= 11 is 0. The van der Waals surface area contributed by atoms with Gasteiger partial charge in [-0.1, -0.05) is 30.3 Å². The van der Waals surface area contributed by atoms with Gasteiger partial charge in [0.05, 0.1) is 0 Å². The Morgan fingerprint density at radius 2 is 2.18 bits per heavy atom. The Hall–Kier alpha value is -1.39. The first-order valence-corrected chi connectivity index (χ1v) is 5.85. The number of rotatable bonds is 3. The molecule has 0 aliphatic carbocycles. The van der Waals surface area contributed by atoms with Crippen LogP contribution in [0, 0.1) is 0 Å². The first-order valence-electron chi connectivity index (χ1n) is 5.85. The van der Waals surface area contributed by atoms with E-state index in [0.717, 1.165) is 18.5 Å². The van der Waals surface area contributed by atoms with Gasteiger partial charge in [0, 0.05) is 6.54 Å². The summed E-state index contributed by atoms with van der Waals surface area (Å²) in [6.07, 6.45) is 1.25. The second-order valence-corrected chi connectivity index (χ2v) is 4.37. The topological polar surface area (TPSA) is 58.6 Å². The van der Waals surface area contributed by atoms with Crippen molar-refractivity contribution in [2.45, 2.75) is 25.0 Å². The molecule has 4 nitrogen and oxygen atoms in total. The molecule has 1 aromatic rings. The molecule has 0 spiro atoms. The van der Waals surface area contributed by atoms with Crippen LogP contribution in [0.5, 0.6) is 0 Å². The van der Waals surface area contributed by atoms with Crippen LogP contribution in [0.15, 0.2) is 30.3 Å². The molecule has 92 valence electrons. The highest BCUT2D eigenvalue weighted by Crippen LogP contribution is 2.18. The Morgan fingerprint density at radius 1 is 1.41 bits per heavy atom. The number of benzene rings is 1. The van der Waals surface area contributed by atoms with Crippen molar-refractivity contribution in [1.29, 1.82) is 0 Å². The summed E-state index contributed by atoms with van der Waals surface area (Å²) in [7, 11) is 0. The van der Waals surface area contributed by atoms with Crippen LogP contribution in [0.3, 0.4) is 0 Å². The van der Waals surface area contributed by atoms with Gasteiger partial charge < -0.3 is 15.2 Å². The molecule has 1 atom stereocenters. The molecule has 2 rings (SSSR count). The van der Waals surface area contributed by atoms with Gasteiger partial charge in [0.2, 0.25) is 0 Å². The standard InChI is InChI=1S/C13H17NO3/c15-12(13(16)7-4-8-14-10-13)17-9-11-5-2-1-3-6-11/h1-3,5-6,14,16H,4,7-10H2. The van der Waals surface area contributed by atoms with Crippen LogP contribution in [0.25, 0.3) is 0 Å². The number of esters is 1. The van der Waals surface area contributed by atoms with Gasteiger partial charge in [-0.3, -0.25) is 0 Å². The Labute approximate surface area is 101 Å². The average Bonchev–Trinajstić information content (AvgIpc) is 2.38. The maximum absolute atomic E-state index is 11.8. The highest BCUT2D eigenvalue weighted by atomic mass is 16.5. The second kappa shape index (κ2) is 5.29. The summed E-state index contributed by atoms with van der Waals surface area (Å²) in [5.41, 5.74) is -0.430. The van der Waals surface area contributed by atoms with Crippen LogP contribution in [-0.4, -0.2) is 29.8 Å². The van der Waals surface area contributed by atoms with E-state index in [4.69, 9.17) is 4.74 Å². The number of hydrogen-bond donors (Lipinski definition) is 2. The maximum Gasteiger partial charge on any atom is 0.339 e. The van der Waals surface area contributed by atoms with E-state index in [9.17, 15) is 9.90 Å². The van der Waals surface area contributed by atoms with Crippen molar-refractivity contribution >= 4 is 5.97 Å². The molecular weight excluding hydrogens is 218 g/mol. The van der Waals surface area contributed by atoms with E-state index in [0.29, 0.717) is 6.42 Å². The van der Waals surface area contributed by atoms with Gasteiger partial charge in [-0.05, 0) is 24.9 Å². The minimum absolute atomic E-state index is 0.210. The summed E-state index contributed by atoms with van der Waals surface area (Å²) in [5.74, 6) is -0.534. The monoisotopic (exact) mass is 235 g/mol. The van der Waals surface area contributed by atoms with Gasteiger partial charge in [0.1, 0.15) is 6.61 Å². The van der Waals surface area contributed by atoms with Crippen molar-refractivity contribution in [2.24, 2.45) is 0 Å². The molecule has 1 heterocycles. The fraction of sp³-hybridized carbons (Fsp3) is 0.462. The van der Waals surface area contributed by atoms with E-state index in [1.54, 1.807) is 0 Å². The Kier molecular flexibility index (Phi) is 3.76. The molecule has 1 fully saturated rings. The number of piperidine rings is 1. The number of β-amino-alcohol motifs (C(OH)–C–C–N with tert-alkyl or cyclic N) is 1. The SMILES string of the molecule is O=C(OCc1ccccc1)C1(O)CCCNC1. The van der Waals surface area contributed by atoms with Gasteiger partial charge in [0.15, 0.2) is 5.60 Å². The Bertz CT molecular complexity index is 372. The molecule has 1 unspecified atom stereocenters. The van der Waals surface area contributed by atoms with Gasteiger partial charge in [-0.25, -0.2) is 4.79 Å². The highest BCUT2D eigenvalue weighted by Gasteiger charge is 2.38. The van der Waals surface area contributed by atoms with Crippen molar-refractivity contribution in [2.75, 3.05) is 13.1 Å². The van der Waals surface area contributed by atoms with Gasteiger partial charge in [-0.15, -0.1) is 0 Å². The van der Waals surface area contributed by atoms with Crippen molar-refractivity contribution in [3.8, 4) is 0 Å². The van der Waals surface area contributed by atoms with Crippen LogP contribution in [0.2, 0.25) is 0 Å². The van der Waals surface area contributed by atoms with E-state index in [1.165, 1.54) is 0 Å². The fourth-order valence-corrected chi connectivity index (χ4v) is 1.92. The fourth-order valence-electron chi connectivity index (χ4n) is 1.92. The van der Waals surface area contributed by atoms with E-state index in [1.807, 2.05) is 30.3 Å². The normalized spacial score (nSPS) is 24.3. The Morgan fingerprint density at radius 3 is 2.82 bits per heavy atom. The van der Waals surface area contributed by atoms with Crippen LogP contribution < -0.4 is 5.32 Å². The van der Waals surface area contributed by atoms with Crippen molar-refractivity contribution in [1.82, 2.24) is 5.32 Å². The molecule has 0 bridgehead atoms. The number of nitrogens with one attached hydrogen (secondary N) is 1. The lowest BCUT2D eigenvalue weighted by Crippen LogP contribution is -2.52. The number of ether oxygens (including phenoxy) is 1. The lowest BCUT2D eigenvalue weighted by molar-refractivity contribution is -0.168. The highest BCUT2D eigenvalue weighted by molar-refractivity contribution is 5.79. The summed E-state index contributed by atoms with van der Waals surface area (Å²) < 4.78 is 5.14. The molecule has 0 radical (unpaired) electrons. The van der Waals surface area contributed by atoms with Crippen molar-refractivity contribution in [3.05, 3.63) is 35.9 Å².